The fourth-order valence-electron chi connectivity index (χ4n) is 4.40. The fraction of sp³-hybridized carbons (Fsp3) is 0.500. The zero-order chi connectivity index (χ0) is 25.6. The first-order chi connectivity index (χ1) is 16.6. The van der Waals surface area contributed by atoms with Crippen molar-refractivity contribution >= 4 is 35.0 Å². The second kappa shape index (κ2) is 12.1. The zero-order valence-electron chi connectivity index (χ0n) is 21.1. The van der Waals surface area contributed by atoms with Gasteiger partial charge in [0.2, 0.25) is 5.91 Å². The third kappa shape index (κ3) is 7.62. The van der Waals surface area contributed by atoms with Gasteiger partial charge in [-0.25, -0.2) is 0 Å². The summed E-state index contributed by atoms with van der Waals surface area (Å²) < 4.78 is 5.83. The standard InChI is InChI=1S/C28H36Cl2N2O3/c1-5-25(27(34)31-21-8-6-7-9-21)32(17-19-10-15-23(29)24(30)16-19)26(33)18-35-22-13-11-20(12-14-22)28(2,3)4/h10-16,21,25H,5-9,17-18H2,1-4H3,(H,31,34)/t25-/m0/s1. The molecule has 1 fully saturated rings. The van der Waals surface area contributed by atoms with Gasteiger partial charge in [-0.05, 0) is 60.1 Å². The maximum atomic E-state index is 13.4. The molecule has 1 aliphatic rings. The Morgan fingerprint density at radius 3 is 2.29 bits per heavy atom. The summed E-state index contributed by atoms with van der Waals surface area (Å²) in [5, 5.41) is 4.00. The van der Waals surface area contributed by atoms with Gasteiger partial charge in [-0.1, -0.05) is 81.9 Å². The second-order valence-corrected chi connectivity index (χ2v) is 11.1. The normalized spacial score (nSPS) is 15.0. The molecule has 0 radical (unpaired) electrons. The largest absolute Gasteiger partial charge is 0.484 e. The molecule has 0 bridgehead atoms. The van der Waals surface area contributed by atoms with Crippen LogP contribution in [0.1, 0.15) is 70.9 Å². The molecule has 3 rings (SSSR count). The van der Waals surface area contributed by atoms with Gasteiger partial charge in [0.05, 0.1) is 10.0 Å². The molecule has 0 unspecified atom stereocenters. The number of benzene rings is 2. The van der Waals surface area contributed by atoms with Crippen molar-refractivity contribution in [2.45, 2.75) is 83.8 Å². The molecule has 0 heterocycles. The Balaban J connectivity index is 1.76. The number of nitrogens with one attached hydrogen (secondary N) is 1. The summed E-state index contributed by atoms with van der Waals surface area (Å²) >= 11 is 12.3. The van der Waals surface area contributed by atoms with E-state index in [0.717, 1.165) is 31.2 Å². The number of nitrogens with zero attached hydrogens (tertiary/aromatic N) is 1. The van der Waals surface area contributed by atoms with Crippen LogP contribution < -0.4 is 10.1 Å². The van der Waals surface area contributed by atoms with Gasteiger partial charge in [-0.2, -0.15) is 0 Å². The Bertz CT molecular complexity index is 1010. The summed E-state index contributed by atoms with van der Waals surface area (Å²) in [5.41, 5.74) is 2.02. The molecule has 1 atom stereocenters. The van der Waals surface area contributed by atoms with E-state index in [0.29, 0.717) is 22.2 Å². The van der Waals surface area contributed by atoms with E-state index >= 15 is 0 Å². The van der Waals surface area contributed by atoms with E-state index in [1.54, 1.807) is 17.0 Å². The van der Waals surface area contributed by atoms with Crippen LogP contribution >= 0.6 is 23.2 Å². The topological polar surface area (TPSA) is 58.6 Å². The monoisotopic (exact) mass is 518 g/mol. The van der Waals surface area contributed by atoms with Gasteiger partial charge in [0.25, 0.3) is 5.91 Å². The van der Waals surface area contributed by atoms with Gasteiger partial charge >= 0.3 is 0 Å². The summed E-state index contributed by atoms with van der Waals surface area (Å²) in [7, 11) is 0. The van der Waals surface area contributed by atoms with Crippen LogP contribution in [0, 0.1) is 0 Å². The molecule has 0 spiro atoms. The van der Waals surface area contributed by atoms with Crippen LogP contribution in [-0.2, 0) is 21.5 Å². The van der Waals surface area contributed by atoms with E-state index in [-0.39, 0.29) is 36.4 Å². The molecule has 0 aromatic heterocycles. The average Bonchev–Trinajstić information content (AvgIpc) is 3.32. The number of carbonyl (C=O) groups excluding carboxylic acids is 2. The van der Waals surface area contributed by atoms with Crippen LogP contribution in [0.15, 0.2) is 42.5 Å². The molecule has 7 heteroatoms. The van der Waals surface area contributed by atoms with Crippen LogP contribution in [0.2, 0.25) is 10.0 Å². The molecule has 1 aliphatic carbocycles. The lowest BCUT2D eigenvalue weighted by Gasteiger charge is -2.31. The predicted molar refractivity (Wildman–Crippen MR) is 142 cm³/mol. The first-order valence-electron chi connectivity index (χ1n) is 12.4. The first kappa shape index (κ1) is 27.3. The molecule has 35 heavy (non-hydrogen) atoms. The number of halogens is 2. The fourth-order valence-corrected chi connectivity index (χ4v) is 4.72. The summed E-state index contributed by atoms with van der Waals surface area (Å²) in [6.45, 7) is 8.43. The molecule has 2 aromatic rings. The van der Waals surface area contributed by atoms with Crippen molar-refractivity contribution < 1.29 is 14.3 Å². The average molecular weight is 520 g/mol. The summed E-state index contributed by atoms with van der Waals surface area (Å²) in [6, 6.07) is 12.6. The van der Waals surface area contributed by atoms with Crippen LogP contribution in [0.25, 0.3) is 0 Å². The summed E-state index contributed by atoms with van der Waals surface area (Å²) in [5.74, 6) is 0.232. The number of ether oxygens (including phenoxy) is 1. The molecule has 1 saturated carbocycles. The highest BCUT2D eigenvalue weighted by atomic mass is 35.5. The minimum atomic E-state index is -0.607. The lowest BCUT2D eigenvalue weighted by atomic mass is 9.87. The van der Waals surface area contributed by atoms with Crippen LogP contribution in [0.3, 0.4) is 0 Å². The van der Waals surface area contributed by atoms with Crippen molar-refractivity contribution in [3.8, 4) is 5.75 Å². The third-order valence-corrected chi connectivity index (χ3v) is 7.25. The van der Waals surface area contributed by atoms with Gasteiger partial charge in [0, 0.05) is 12.6 Å². The molecular weight excluding hydrogens is 483 g/mol. The van der Waals surface area contributed by atoms with Crippen LogP contribution in [-0.4, -0.2) is 35.4 Å². The summed E-state index contributed by atoms with van der Waals surface area (Å²) in [4.78, 5) is 28.2. The maximum absolute atomic E-state index is 13.4. The van der Waals surface area contributed by atoms with Gasteiger partial charge in [0.15, 0.2) is 6.61 Å². The Morgan fingerprint density at radius 2 is 1.71 bits per heavy atom. The van der Waals surface area contributed by atoms with E-state index in [2.05, 4.69) is 26.1 Å². The van der Waals surface area contributed by atoms with E-state index in [1.807, 2.05) is 37.3 Å². The van der Waals surface area contributed by atoms with Gasteiger partial charge < -0.3 is 15.0 Å². The van der Waals surface area contributed by atoms with Crippen molar-refractivity contribution in [2.24, 2.45) is 0 Å². The van der Waals surface area contributed by atoms with Crippen molar-refractivity contribution in [3.05, 3.63) is 63.6 Å². The number of rotatable bonds is 9. The molecule has 1 N–H and O–H groups in total. The number of hydrogen-bond donors (Lipinski definition) is 1. The Morgan fingerprint density at radius 1 is 1.06 bits per heavy atom. The van der Waals surface area contributed by atoms with Crippen molar-refractivity contribution in [1.29, 1.82) is 0 Å². The van der Waals surface area contributed by atoms with E-state index < -0.39 is 6.04 Å². The van der Waals surface area contributed by atoms with Crippen molar-refractivity contribution in [3.63, 3.8) is 0 Å². The van der Waals surface area contributed by atoms with Crippen LogP contribution in [0.4, 0.5) is 0 Å². The van der Waals surface area contributed by atoms with E-state index in [1.165, 1.54) is 5.56 Å². The minimum absolute atomic E-state index is 0.0338. The lowest BCUT2D eigenvalue weighted by molar-refractivity contribution is -0.143. The van der Waals surface area contributed by atoms with E-state index in [4.69, 9.17) is 27.9 Å². The third-order valence-electron chi connectivity index (χ3n) is 6.51. The zero-order valence-corrected chi connectivity index (χ0v) is 22.6. The molecule has 2 aromatic carbocycles. The van der Waals surface area contributed by atoms with Gasteiger partial charge in [0.1, 0.15) is 11.8 Å². The van der Waals surface area contributed by atoms with Gasteiger partial charge in [-0.3, -0.25) is 9.59 Å². The molecule has 190 valence electrons. The number of carbonyl (C=O) groups is 2. The van der Waals surface area contributed by atoms with E-state index in [9.17, 15) is 9.59 Å². The van der Waals surface area contributed by atoms with Gasteiger partial charge in [-0.15, -0.1) is 0 Å². The molecular formula is C28H36Cl2N2O3. The predicted octanol–water partition coefficient (Wildman–Crippen LogP) is 6.54. The highest BCUT2D eigenvalue weighted by molar-refractivity contribution is 6.42. The molecule has 5 nitrogen and oxygen atoms in total. The quantitative estimate of drug-likeness (QED) is 0.410. The van der Waals surface area contributed by atoms with Crippen molar-refractivity contribution in [2.75, 3.05) is 6.61 Å². The Kier molecular flexibility index (Phi) is 9.48. The number of amides is 2. The highest BCUT2D eigenvalue weighted by Gasteiger charge is 2.31. The maximum Gasteiger partial charge on any atom is 0.261 e. The first-order valence-corrected chi connectivity index (χ1v) is 13.1. The number of hydrogen-bond acceptors (Lipinski definition) is 3. The smallest absolute Gasteiger partial charge is 0.261 e. The minimum Gasteiger partial charge on any atom is -0.484 e. The summed E-state index contributed by atoms with van der Waals surface area (Å²) in [6.07, 6.45) is 4.70. The van der Waals surface area contributed by atoms with Crippen molar-refractivity contribution in [1.82, 2.24) is 10.2 Å². The molecule has 0 saturated heterocycles. The Hall–Kier alpha value is -2.24. The Labute approximate surface area is 219 Å². The molecule has 2 amide bonds. The lowest BCUT2D eigenvalue weighted by Crippen LogP contribution is -2.52. The highest BCUT2D eigenvalue weighted by Crippen LogP contribution is 2.26. The second-order valence-electron chi connectivity index (χ2n) is 10.2. The molecule has 0 aliphatic heterocycles. The SMILES string of the molecule is CC[C@@H](C(=O)NC1CCCC1)N(Cc1ccc(Cl)c(Cl)c1)C(=O)COc1ccc(C(C)(C)C)cc1. The van der Waals surface area contributed by atoms with Crippen LogP contribution in [0.5, 0.6) is 5.75 Å².